The van der Waals surface area contributed by atoms with Gasteiger partial charge in [0.05, 0.1) is 5.69 Å². The first-order valence-electron chi connectivity index (χ1n) is 7.65. The van der Waals surface area contributed by atoms with Crippen LogP contribution in [-0.2, 0) is 13.0 Å². The normalized spacial score (nSPS) is 12.8. The lowest BCUT2D eigenvalue weighted by Gasteiger charge is -2.16. The Morgan fingerprint density at radius 2 is 2.05 bits per heavy atom. The summed E-state index contributed by atoms with van der Waals surface area (Å²) in [5.41, 5.74) is 0.881. The number of aromatic carboxylic acids is 1. The molecule has 5 heteroatoms. The van der Waals surface area contributed by atoms with E-state index in [0.717, 1.165) is 25.1 Å². The summed E-state index contributed by atoms with van der Waals surface area (Å²) in [4.78, 5) is 11.2. The third-order valence-corrected chi connectivity index (χ3v) is 3.62. The summed E-state index contributed by atoms with van der Waals surface area (Å²) in [5.74, 6) is -0.0428. The first kappa shape index (κ1) is 16.7. The zero-order valence-corrected chi connectivity index (χ0v) is 13.1. The molecule has 1 unspecified atom stereocenters. The second-order valence-electron chi connectivity index (χ2n) is 5.89. The Morgan fingerprint density at radius 1 is 1.35 bits per heavy atom. The van der Waals surface area contributed by atoms with E-state index >= 15 is 0 Å². The Balaban J connectivity index is 2.90. The van der Waals surface area contributed by atoms with Gasteiger partial charge in [0.15, 0.2) is 5.69 Å². The maximum Gasteiger partial charge on any atom is 0.358 e. The van der Waals surface area contributed by atoms with Crippen molar-refractivity contribution in [3.8, 4) is 0 Å². The van der Waals surface area contributed by atoms with Crippen LogP contribution in [0.15, 0.2) is 0 Å². The Labute approximate surface area is 121 Å². The number of hydrogen-bond acceptors (Lipinski definition) is 3. The van der Waals surface area contributed by atoms with Crippen LogP contribution < -0.4 is 0 Å². The van der Waals surface area contributed by atoms with Crippen LogP contribution in [0, 0.1) is 11.8 Å². The zero-order valence-electron chi connectivity index (χ0n) is 13.1. The molecule has 0 saturated carbocycles. The number of carbonyl (C=O) groups is 1. The fraction of sp³-hybridized carbons (Fsp3) is 0.800. The van der Waals surface area contributed by atoms with E-state index in [0.29, 0.717) is 18.3 Å². The number of hydrogen-bond donors (Lipinski definition) is 1. The first-order valence-corrected chi connectivity index (χ1v) is 7.65. The average Bonchev–Trinajstić information content (AvgIpc) is 2.76. The molecule has 1 heterocycles. The predicted octanol–water partition coefficient (Wildman–Crippen LogP) is 3.39. The van der Waals surface area contributed by atoms with Crippen molar-refractivity contribution in [2.24, 2.45) is 11.8 Å². The molecule has 1 aromatic rings. The zero-order chi connectivity index (χ0) is 15.1. The van der Waals surface area contributed by atoms with Crippen molar-refractivity contribution in [3.05, 3.63) is 11.4 Å². The van der Waals surface area contributed by atoms with Gasteiger partial charge in [0.1, 0.15) is 0 Å². The molecule has 20 heavy (non-hydrogen) atoms. The molecule has 1 atom stereocenters. The number of nitrogens with zero attached hydrogens (tertiary/aromatic N) is 3. The number of unbranched alkanes of at least 4 members (excludes halogenated alkanes) is 1. The topological polar surface area (TPSA) is 68.0 Å². The van der Waals surface area contributed by atoms with Gasteiger partial charge in [-0.2, -0.15) is 0 Å². The number of aromatic nitrogens is 3. The fourth-order valence-electron chi connectivity index (χ4n) is 2.40. The molecule has 0 fully saturated rings. The molecule has 0 amide bonds. The molecule has 0 aliphatic rings. The molecule has 0 bridgehead atoms. The van der Waals surface area contributed by atoms with E-state index in [1.165, 1.54) is 12.8 Å². The van der Waals surface area contributed by atoms with Crippen molar-refractivity contribution in [2.75, 3.05) is 0 Å². The van der Waals surface area contributed by atoms with Crippen LogP contribution >= 0.6 is 0 Å². The van der Waals surface area contributed by atoms with Gasteiger partial charge < -0.3 is 5.11 Å². The minimum Gasteiger partial charge on any atom is -0.476 e. The van der Waals surface area contributed by atoms with Gasteiger partial charge >= 0.3 is 5.97 Å². The third-order valence-electron chi connectivity index (χ3n) is 3.62. The third kappa shape index (κ3) is 4.62. The lowest BCUT2D eigenvalue weighted by molar-refractivity contribution is 0.0689. The van der Waals surface area contributed by atoms with E-state index in [2.05, 4.69) is 38.0 Å². The van der Waals surface area contributed by atoms with Crippen LogP contribution in [-0.4, -0.2) is 26.1 Å². The first-order chi connectivity index (χ1) is 9.49. The van der Waals surface area contributed by atoms with Gasteiger partial charge in [-0.25, -0.2) is 9.48 Å². The highest BCUT2D eigenvalue weighted by molar-refractivity contribution is 5.86. The molecular weight excluding hydrogens is 254 g/mol. The minimum atomic E-state index is -0.978. The van der Waals surface area contributed by atoms with Crippen LogP contribution in [0.5, 0.6) is 0 Å². The Morgan fingerprint density at radius 3 is 2.55 bits per heavy atom. The molecular formula is C15H27N3O2. The summed E-state index contributed by atoms with van der Waals surface area (Å²) in [6.45, 7) is 9.31. The Kier molecular flexibility index (Phi) is 6.68. The second kappa shape index (κ2) is 8.02. The van der Waals surface area contributed by atoms with E-state index in [1.807, 2.05) is 4.68 Å². The molecule has 0 radical (unpaired) electrons. The monoisotopic (exact) mass is 281 g/mol. The number of carboxylic acids is 1. The molecule has 5 nitrogen and oxygen atoms in total. The standard InChI is InChI=1S/C15H27N3O2/c1-5-7-8-12(6-2)10-18-13(9-11(3)4)14(15(19)20)16-17-18/h11-12H,5-10H2,1-4H3,(H,19,20). The van der Waals surface area contributed by atoms with Crippen molar-refractivity contribution in [2.45, 2.75) is 66.3 Å². The smallest absolute Gasteiger partial charge is 0.358 e. The minimum absolute atomic E-state index is 0.115. The maximum atomic E-state index is 11.2. The summed E-state index contributed by atoms with van der Waals surface area (Å²) in [7, 11) is 0. The molecule has 0 aliphatic heterocycles. The molecule has 114 valence electrons. The van der Waals surface area contributed by atoms with Gasteiger partial charge in [-0.15, -0.1) is 5.10 Å². The molecule has 1 rings (SSSR count). The van der Waals surface area contributed by atoms with Crippen LogP contribution in [0.2, 0.25) is 0 Å². The van der Waals surface area contributed by atoms with Crippen molar-refractivity contribution in [3.63, 3.8) is 0 Å². The summed E-state index contributed by atoms with van der Waals surface area (Å²) in [6, 6.07) is 0. The average molecular weight is 281 g/mol. The van der Waals surface area contributed by atoms with E-state index in [4.69, 9.17) is 0 Å². The quantitative estimate of drug-likeness (QED) is 0.753. The molecule has 0 spiro atoms. The summed E-state index contributed by atoms with van der Waals surface area (Å²) in [6.07, 6.45) is 5.35. The van der Waals surface area contributed by atoms with Crippen molar-refractivity contribution >= 4 is 5.97 Å². The van der Waals surface area contributed by atoms with E-state index in [-0.39, 0.29) is 5.69 Å². The molecule has 0 saturated heterocycles. The predicted molar refractivity (Wildman–Crippen MR) is 78.8 cm³/mol. The van der Waals surface area contributed by atoms with Crippen LogP contribution in [0.4, 0.5) is 0 Å². The molecule has 0 aromatic carbocycles. The molecule has 0 aliphatic carbocycles. The second-order valence-corrected chi connectivity index (χ2v) is 5.89. The Bertz CT molecular complexity index is 427. The van der Waals surface area contributed by atoms with Gasteiger partial charge in [-0.05, 0) is 24.7 Å². The SMILES string of the molecule is CCCCC(CC)Cn1nnc(C(=O)O)c1CC(C)C. The molecule has 1 aromatic heterocycles. The van der Waals surface area contributed by atoms with E-state index < -0.39 is 5.97 Å². The van der Waals surface area contributed by atoms with Gasteiger partial charge in [0.25, 0.3) is 0 Å². The van der Waals surface area contributed by atoms with Gasteiger partial charge in [-0.1, -0.05) is 52.2 Å². The summed E-state index contributed by atoms with van der Waals surface area (Å²) in [5, 5.41) is 17.1. The van der Waals surface area contributed by atoms with Crippen LogP contribution in [0.25, 0.3) is 0 Å². The van der Waals surface area contributed by atoms with Crippen LogP contribution in [0.1, 0.15) is 69.6 Å². The summed E-state index contributed by atoms with van der Waals surface area (Å²) < 4.78 is 1.81. The molecule has 1 N–H and O–H groups in total. The summed E-state index contributed by atoms with van der Waals surface area (Å²) >= 11 is 0. The largest absolute Gasteiger partial charge is 0.476 e. The lowest BCUT2D eigenvalue weighted by Crippen LogP contribution is -2.16. The highest BCUT2D eigenvalue weighted by Gasteiger charge is 2.21. The highest BCUT2D eigenvalue weighted by atomic mass is 16.4. The van der Waals surface area contributed by atoms with Gasteiger partial charge in [-0.3, -0.25) is 0 Å². The van der Waals surface area contributed by atoms with Crippen molar-refractivity contribution < 1.29 is 9.90 Å². The van der Waals surface area contributed by atoms with Crippen molar-refractivity contribution in [1.29, 1.82) is 0 Å². The van der Waals surface area contributed by atoms with E-state index in [1.54, 1.807) is 0 Å². The Hall–Kier alpha value is -1.39. The van der Waals surface area contributed by atoms with Gasteiger partial charge in [0.2, 0.25) is 0 Å². The van der Waals surface area contributed by atoms with Crippen LogP contribution in [0.3, 0.4) is 0 Å². The fourth-order valence-corrected chi connectivity index (χ4v) is 2.40. The number of rotatable bonds is 9. The van der Waals surface area contributed by atoms with Gasteiger partial charge in [0, 0.05) is 6.54 Å². The van der Waals surface area contributed by atoms with E-state index in [9.17, 15) is 9.90 Å². The lowest BCUT2D eigenvalue weighted by atomic mass is 9.99. The number of carboxylic acid groups (broad SMARTS) is 1. The highest BCUT2D eigenvalue weighted by Crippen LogP contribution is 2.18. The maximum absolute atomic E-state index is 11.2. The van der Waals surface area contributed by atoms with Crippen molar-refractivity contribution in [1.82, 2.24) is 15.0 Å².